The summed E-state index contributed by atoms with van der Waals surface area (Å²) in [6, 6.07) is 0. The van der Waals surface area contributed by atoms with Crippen LogP contribution in [0, 0.1) is 0 Å². The van der Waals surface area contributed by atoms with Crippen LogP contribution in [0.2, 0.25) is 0 Å². The third kappa shape index (κ3) is 106. The fourth-order valence-corrected chi connectivity index (χ4v) is 0. The molecule has 19 heavy (non-hydrogen) atoms. The van der Waals surface area contributed by atoms with Gasteiger partial charge in [-0.15, -0.1) is 0 Å². The van der Waals surface area contributed by atoms with Crippen LogP contribution in [0.4, 0.5) is 0 Å². The minimum Gasteiger partial charge on any atom is -0.469 e. The highest BCUT2D eigenvalue weighted by Gasteiger charge is 2.02. The van der Waals surface area contributed by atoms with Crippen LogP contribution in [0.1, 0.15) is 13.8 Å². The minimum atomic E-state index is -3.15. The third-order valence-corrected chi connectivity index (χ3v) is 1.66. The van der Waals surface area contributed by atoms with Gasteiger partial charge in [0.2, 0.25) is 5.91 Å². The van der Waals surface area contributed by atoms with Crippen molar-refractivity contribution >= 4 is 19.5 Å². The number of hydrogen-bond acceptors (Lipinski definition) is 6. The normalized spacial score (nSPS) is 10.8. The summed E-state index contributed by atoms with van der Waals surface area (Å²) >= 11 is 0. The monoisotopic (exact) mass is 303 g/mol. The van der Waals surface area contributed by atoms with Crippen LogP contribution in [0.25, 0.3) is 0 Å². The maximum Gasteiger partial charge on any atom is 0.324 e. The Hall–Kier alpha value is -0.950. The number of carbonyl (C=O) groups is 2. The van der Waals surface area contributed by atoms with Gasteiger partial charge in [0.25, 0.3) is 0 Å². The molecule has 2 N–H and O–H groups in total. The molecule has 0 saturated heterocycles. The standard InChI is InChI=1S/C3H7NO.C3H6O2.C2H7O3P.C2H6O/c1-3(5)4-2;1-3(4)5-2;1-5-6(2,3)4;1-3-2/h1-2H3,(H,4,5);1-2H3;1-2H3,(H,3,4);1-2H3. The number of carbonyl (C=O) groups excluding carboxylic acids is 2. The lowest BCUT2D eigenvalue weighted by molar-refractivity contribution is -0.137. The molecule has 9 heteroatoms. The van der Waals surface area contributed by atoms with E-state index in [0.29, 0.717) is 0 Å². The van der Waals surface area contributed by atoms with Crippen LogP contribution in [0.5, 0.6) is 0 Å². The molecule has 0 heterocycles. The van der Waals surface area contributed by atoms with Crippen LogP contribution in [-0.4, -0.2) is 58.9 Å². The van der Waals surface area contributed by atoms with Gasteiger partial charge in [-0.25, -0.2) is 0 Å². The van der Waals surface area contributed by atoms with Gasteiger partial charge >= 0.3 is 13.6 Å². The van der Waals surface area contributed by atoms with Crippen LogP contribution >= 0.6 is 7.60 Å². The first-order valence-electron chi connectivity index (χ1n) is 5.01. The molecule has 0 radical (unpaired) electrons. The van der Waals surface area contributed by atoms with E-state index in [-0.39, 0.29) is 11.9 Å². The molecule has 0 fully saturated rings. The van der Waals surface area contributed by atoms with Crippen molar-refractivity contribution < 1.29 is 33.0 Å². The number of methoxy groups -OCH3 is 2. The topological polar surface area (TPSA) is 111 Å². The molecule has 0 saturated carbocycles. The predicted molar refractivity (Wildman–Crippen MR) is 73.1 cm³/mol. The van der Waals surface area contributed by atoms with Gasteiger partial charge in [-0.05, 0) is 0 Å². The first-order chi connectivity index (χ1) is 8.51. The molecule has 0 aliphatic carbocycles. The Labute approximate surface area is 115 Å². The molecule has 0 aromatic heterocycles. The van der Waals surface area contributed by atoms with E-state index in [9.17, 15) is 14.2 Å². The second-order valence-corrected chi connectivity index (χ2v) is 4.87. The number of hydrogen-bond donors (Lipinski definition) is 2. The lowest BCUT2D eigenvalue weighted by Gasteiger charge is -1.96. The van der Waals surface area contributed by atoms with Crippen LogP contribution in [-0.2, 0) is 28.2 Å². The van der Waals surface area contributed by atoms with Gasteiger partial charge < -0.3 is 24.2 Å². The van der Waals surface area contributed by atoms with E-state index in [1.807, 2.05) is 0 Å². The molecular weight excluding hydrogens is 277 g/mol. The molecule has 0 bridgehead atoms. The molecular formula is C10H26NO7P. The summed E-state index contributed by atoms with van der Waals surface area (Å²) in [7, 11) is 4.25. The van der Waals surface area contributed by atoms with E-state index in [1.54, 1.807) is 21.3 Å². The maximum atomic E-state index is 9.92. The Kier molecular flexibility index (Phi) is 27.1. The fraction of sp³-hybridized carbons (Fsp3) is 0.800. The average molecular weight is 303 g/mol. The van der Waals surface area contributed by atoms with Gasteiger partial charge in [0.1, 0.15) is 0 Å². The quantitative estimate of drug-likeness (QED) is 0.540. The number of nitrogens with one attached hydrogen (secondary N) is 1. The molecule has 8 nitrogen and oxygen atoms in total. The molecule has 1 unspecified atom stereocenters. The first kappa shape index (κ1) is 26.6. The summed E-state index contributed by atoms with van der Waals surface area (Å²) in [5.74, 6) is -0.241. The summed E-state index contributed by atoms with van der Waals surface area (Å²) in [6.45, 7) is 3.97. The largest absolute Gasteiger partial charge is 0.469 e. The highest BCUT2D eigenvalue weighted by molar-refractivity contribution is 7.51. The van der Waals surface area contributed by atoms with Crippen LogP contribution in [0.3, 0.4) is 0 Å². The van der Waals surface area contributed by atoms with E-state index in [2.05, 4.69) is 19.3 Å². The van der Waals surface area contributed by atoms with Gasteiger partial charge in [0.15, 0.2) is 0 Å². The van der Waals surface area contributed by atoms with E-state index >= 15 is 0 Å². The van der Waals surface area contributed by atoms with Crippen LogP contribution < -0.4 is 5.32 Å². The molecule has 0 rings (SSSR count). The number of amides is 1. The second-order valence-electron chi connectivity index (χ2n) is 2.90. The van der Waals surface area contributed by atoms with E-state index < -0.39 is 7.60 Å². The smallest absolute Gasteiger partial charge is 0.324 e. The van der Waals surface area contributed by atoms with Gasteiger partial charge in [-0.1, -0.05) is 0 Å². The summed E-state index contributed by atoms with van der Waals surface area (Å²) < 4.78 is 22.3. The van der Waals surface area contributed by atoms with Crippen molar-refractivity contribution in [1.29, 1.82) is 0 Å². The summed E-state index contributed by atoms with van der Waals surface area (Å²) in [5.41, 5.74) is 0. The Morgan fingerprint density at radius 3 is 1.26 bits per heavy atom. The Bertz CT molecular complexity index is 238. The van der Waals surface area contributed by atoms with Crippen molar-refractivity contribution in [3.63, 3.8) is 0 Å². The number of ether oxygens (including phenoxy) is 2. The summed E-state index contributed by atoms with van der Waals surface area (Å²) in [4.78, 5) is 27.5. The SMILES string of the molecule is CNC(C)=O.COC.COC(C)=O.COP(C)(=O)O. The Morgan fingerprint density at radius 1 is 1.11 bits per heavy atom. The molecule has 118 valence electrons. The second kappa shape index (κ2) is 19.4. The first-order valence-corrected chi connectivity index (χ1v) is 7.03. The van der Waals surface area contributed by atoms with Gasteiger partial charge in [0.05, 0.1) is 7.11 Å². The van der Waals surface area contributed by atoms with Crippen molar-refractivity contribution in [2.75, 3.05) is 42.2 Å². The number of esters is 1. The summed E-state index contributed by atoms with van der Waals surface area (Å²) in [5, 5.41) is 2.39. The highest BCUT2D eigenvalue weighted by Crippen LogP contribution is 2.34. The molecule has 0 aliphatic heterocycles. The van der Waals surface area contributed by atoms with Crippen molar-refractivity contribution in [3.05, 3.63) is 0 Å². The Morgan fingerprint density at radius 2 is 1.26 bits per heavy atom. The molecule has 1 amide bonds. The van der Waals surface area contributed by atoms with Crippen LogP contribution in [0.15, 0.2) is 0 Å². The summed E-state index contributed by atoms with van der Waals surface area (Å²) in [6.07, 6.45) is 0. The van der Waals surface area contributed by atoms with Crippen molar-refractivity contribution in [2.45, 2.75) is 13.8 Å². The zero-order valence-electron chi connectivity index (χ0n) is 12.8. The van der Waals surface area contributed by atoms with Crippen molar-refractivity contribution in [2.24, 2.45) is 0 Å². The molecule has 0 aromatic carbocycles. The molecule has 1 atom stereocenters. The number of rotatable bonds is 1. The van der Waals surface area contributed by atoms with E-state index in [1.165, 1.54) is 28.1 Å². The zero-order valence-corrected chi connectivity index (χ0v) is 13.7. The Balaban J connectivity index is -0.0000000811. The van der Waals surface area contributed by atoms with Gasteiger partial charge in [-0.3, -0.25) is 14.2 Å². The van der Waals surface area contributed by atoms with Crippen molar-refractivity contribution in [3.8, 4) is 0 Å². The third-order valence-electron chi connectivity index (χ3n) is 0.978. The minimum absolute atomic E-state index is 0.00463. The molecule has 0 spiro atoms. The van der Waals surface area contributed by atoms with Crippen molar-refractivity contribution in [1.82, 2.24) is 5.32 Å². The lowest BCUT2D eigenvalue weighted by Crippen LogP contribution is -2.11. The van der Waals surface area contributed by atoms with E-state index in [0.717, 1.165) is 6.66 Å². The maximum absolute atomic E-state index is 9.92. The predicted octanol–water partition coefficient (Wildman–Crippen LogP) is 0.642. The fourth-order valence-electron chi connectivity index (χ4n) is 0. The molecule has 0 aromatic rings. The average Bonchev–Trinajstić information content (AvgIpc) is 2.30. The zero-order chi connectivity index (χ0) is 16.5. The van der Waals surface area contributed by atoms with E-state index in [4.69, 9.17) is 4.89 Å². The highest BCUT2D eigenvalue weighted by atomic mass is 31.2. The van der Waals surface area contributed by atoms with Gasteiger partial charge in [-0.2, -0.15) is 0 Å². The molecule has 0 aliphatic rings. The lowest BCUT2D eigenvalue weighted by atomic mass is 10.7. The van der Waals surface area contributed by atoms with Gasteiger partial charge in [0, 0.05) is 48.9 Å².